The maximum absolute atomic E-state index is 11.8. The van der Waals surface area contributed by atoms with Crippen LogP contribution in [0.2, 0.25) is 0 Å². The van der Waals surface area contributed by atoms with Crippen molar-refractivity contribution in [2.45, 2.75) is 25.3 Å². The van der Waals surface area contributed by atoms with Gasteiger partial charge in [-0.25, -0.2) is 4.98 Å². The normalized spacial score (nSPS) is 15.3. The molecule has 0 unspecified atom stereocenters. The highest BCUT2D eigenvalue weighted by Gasteiger charge is 2.25. The third kappa shape index (κ3) is 2.36. The summed E-state index contributed by atoms with van der Waals surface area (Å²) >= 11 is 0. The van der Waals surface area contributed by atoms with E-state index in [2.05, 4.69) is 10.3 Å². The molecule has 1 aliphatic carbocycles. The summed E-state index contributed by atoms with van der Waals surface area (Å²) < 4.78 is 1.73. The first kappa shape index (κ1) is 10.2. The number of nitrogens with one attached hydrogen (secondary N) is 1. The van der Waals surface area contributed by atoms with Crippen LogP contribution in [0, 0.1) is 0 Å². The van der Waals surface area contributed by atoms with E-state index in [0.29, 0.717) is 24.8 Å². The maximum atomic E-state index is 11.8. The first-order chi connectivity index (χ1) is 7.33. The second-order valence-electron chi connectivity index (χ2n) is 3.72. The lowest BCUT2D eigenvalue weighted by molar-refractivity contribution is 0.292. The highest BCUT2D eigenvalue weighted by molar-refractivity contribution is 5.30. The number of nitrogens with zero attached hydrogens (tertiary/aromatic N) is 2. The van der Waals surface area contributed by atoms with Crippen molar-refractivity contribution in [2.24, 2.45) is 0 Å². The summed E-state index contributed by atoms with van der Waals surface area (Å²) in [6.07, 6.45) is 6.16. The van der Waals surface area contributed by atoms with Crippen molar-refractivity contribution in [1.82, 2.24) is 9.55 Å². The van der Waals surface area contributed by atoms with E-state index in [1.807, 2.05) is 0 Å². The van der Waals surface area contributed by atoms with Gasteiger partial charge in [-0.3, -0.25) is 4.79 Å². The molecule has 1 aromatic heterocycles. The lowest BCUT2D eigenvalue weighted by Crippen LogP contribution is -2.24. The van der Waals surface area contributed by atoms with Crippen molar-refractivity contribution in [3.05, 3.63) is 22.7 Å². The van der Waals surface area contributed by atoms with Gasteiger partial charge in [0.25, 0.3) is 5.56 Å². The minimum absolute atomic E-state index is 0.0575. The van der Waals surface area contributed by atoms with E-state index in [-0.39, 0.29) is 12.2 Å². The SMILES string of the molecule is O=c1c(NCCCO)nccn1C1CC1. The zero-order chi connectivity index (χ0) is 10.7. The number of aliphatic hydroxyl groups is 1. The average Bonchev–Trinajstić information content (AvgIpc) is 3.05. The van der Waals surface area contributed by atoms with Gasteiger partial charge < -0.3 is 15.0 Å². The van der Waals surface area contributed by atoms with Gasteiger partial charge >= 0.3 is 0 Å². The van der Waals surface area contributed by atoms with Crippen molar-refractivity contribution < 1.29 is 5.11 Å². The summed E-state index contributed by atoms with van der Waals surface area (Å²) in [6.45, 7) is 0.698. The Kier molecular flexibility index (Phi) is 3.01. The molecule has 2 N–H and O–H groups in total. The first-order valence-electron chi connectivity index (χ1n) is 5.25. The first-order valence-corrected chi connectivity index (χ1v) is 5.25. The topological polar surface area (TPSA) is 67.2 Å². The summed E-state index contributed by atoms with van der Waals surface area (Å²) in [6, 6.07) is 0.374. The quantitative estimate of drug-likeness (QED) is 0.688. The lowest BCUT2D eigenvalue weighted by atomic mass is 10.4. The van der Waals surface area contributed by atoms with Crippen LogP contribution in [0.15, 0.2) is 17.2 Å². The summed E-state index contributed by atoms with van der Waals surface area (Å²) in [5.41, 5.74) is -0.0575. The number of aliphatic hydroxyl groups excluding tert-OH is 1. The largest absolute Gasteiger partial charge is 0.396 e. The van der Waals surface area contributed by atoms with Crippen molar-refractivity contribution in [3.63, 3.8) is 0 Å². The molecule has 1 aliphatic rings. The van der Waals surface area contributed by atoms with Gasteiger partial charge in [0.05, 0.1) is 0 Å². The van der Waals surface area contributed by atoms with Crippen molar-refractivity contribution >= 4 is 5.82 Å². The fourth-order valence-electron chi connectivity index (χ4n) is 1.47. The third-order valence-corrected chi connectivity index (χ3v) is 2.44. The third-order valence-electron chi connectivity index (χ3n) is 2.44. The number of hydrogen-bond acceptors (Lipinski definition) is 4. The highest BCUT2D eigenvalue weighted by Crippen LogP contribution is 2.33. The minimum atomic E-state index is -0.0575. The van der Waals surface area contributed by atoms with Crippen LogP contribution in [0.1, 0.15) is 25.3 Å². The van der Waals surface area contributed by atoms with Crippen molar-refractivity contribution in [2.75, 3.05) is 18.5 Å². The molecule has 2 rings (SSSR count). The molecular formula is C10H15N3O2. The molecule has 0 aromatic carbocycles. The van der Waals surface area contributed by atoms with Gasteiger partial charge in [-0.2, -0.15) is 0 Å². The van der Waals surface area contributed by atoms with Gasteiger partial charge in [-0.15, -0.1) is 0 Å². The molecule has 0 aliphatic heterocycles. The van der Waals surface area contributed by atoms with Crippen molar-refractivity contribution in [3.8, 4) is 0 Å². The molecule has 0 bridgehead atoms. The van der Waals surface area contributed by atoms with Gasteiger partial charge in [0.2, 0.25) is 0 Å². The second-order valence-corrected chi connectivity index (χ2v) is 3.72. The summed E-state index contributed by atoms with van der Waals surface area (Å²) in [5, 5.41) is 11.6. The van der Waals surface area contributed by atoms with E-state index in [4.69, 9.17) is 5.11 Å². The smallest absolute Gasteiger partial charge is 0.293 e. The minimum Gasteiger partial charge on any atom is -0.396 e. The van der Waals surface area contributed by atoms with Crippen LogP contribution in [-0.4, -0.2) is 27.8 Å². The van der Waals surface area contributed by atoms with Crippen LogP contribution in [-0.2, 0) is 0 Å². The lowest BCUT2D eigenvalue weighted by Gasteiger charge is -2.07. The molecule has 1 aromatic rings. The standard InChI is InChI=1S/C10H15N3O2/c14-7-1-4-11-9-10(15)13(6-5-12-9)8-2-3-8/h5-6,8,14H,1-4,7H2,(H,11,12). The number of hydrogen-bond donors (Lipinski definition) is 2. The van der Waals surface area contributed by atoms with E-state index >= 15 is 0 Å². The van der Waals surface area contributed by atoms with Crippen LogP contribution in [0.3, 0.4) is 0 Å². The van der Waals surface area contributed by atoms with E-state index < -0.39 is 0 Å². The molecule has 0 saturated heterocycles. The van der Waals surface area contributed by atoms with Gasteiger partial charge in [-0.05, 0) is 19.3 Å². The Hall–Kier alpha value is -1.36. The molecule has 5 heteroatoms. The van der Waals surface area contributed by atoms with E-state index in [1.54, 1.807) is 17.0 Å². The summed E-state index contributed by atoms with van der Waals surface area (Å²) in [5.74, 6) is 0.387. The molecule has 1 fully saturated rings. The van der Waals surface area contributed by atoms with Crippen LogP contribution < -0.4 is 10.9 Å². The number of rotatable bonds is 5. The Morgan fingerprint density at radius 1 is 1.60 bits per heavy atom. The van der Waals surface area contributed by atoms with Gasteiger partial charge in [0.15, 0.2) is 5.82 Å². The zero-order valence-corrected chi connectivity index (χ0v) is 8.52. The molecule has 1 heterocycles. The highest BCUT2D eigenvalue weighted by atomic mass is 16.3. The predicted octanol–water partition coefficient (Wildman–Crippen LogP) is 0.372. The maximum Gasteiger partial charge on any atom is 0.293 e. The van der Waals surface area contributed by atoms with Crippen LogP contribution in [0.4, 0.5) is 5.82 Å². The Morgan fingerprint density at radius 2 is 2.40 bits per heavy atom. The summed E-state index contributed by atoms with van der Waals surface area (Å²) in [7, 11) is 0. The van der Waals surface area contributed by atoms with Gasteiger partial charge in [0, 0.05) is 31.6 Å². The van der Waals surface area contributed by atoms with Crippen molar-refractivity contribution in [1.29, 1.82) is 0 Å². The Morgan fingerprint density at radius 3 is 3.07 bits per heavy atom. The average molecular weight is 209 g/mol. The summed E-state index contributed by atoms with van der Waals surface area (Å²) in [4.78, 5) is 15.8. The molecule has 0 amide bonds. The predicted molar refractivity (Wildman–Crippen MR) is 57.0 cm³/mol. The van der Waals surface area contributed by atoms with Gasteiger partial charge in [-0.1, -0.05) is 0 Å². The Balaban J connectivity index is 2.09. The number of anilines is 1. The fraction of sp³-hybridized carbons (Fsp3) is 0.600. The Labute approximate surface area is 87.8 Å². The van der Waals surface area contributed by atoms with Crippen LogP contribution >= 0.6 is 0 Å². The van der Waals surface area contributed by atoms with Gasteiger partial charge in [0.1, 0.15) is 0 Å². The molecule has 0 radical (unpaired) electrons. The molecule has 1 saturated carbocycles. The van der Waals surface area contributed by atoms with Crippen LogP contribution in [0.25, 0.3) is 0 Å². The van der Waals surface area contributed by atoms with E-state index in [1.165, 1.54) is 0 Å². The zero-order valence-electron chi connectivity index (χ0n) is 8.52. The van der Waals surface area contributed by atoms with E-state index in [9.17, 15) is 4.79 Å². The van der Waals surface area contributed by atoms with Crippen LogP contribution in [0.5, 0.6) is 0 Å². The number of aromatic nitrogens is 2. The molecule has 0 spiro atoms. The molecule has 5 nitrogen and oxygen atoms in total. The molecule has 0 atom stereocenters. The fourth-order valence-corrected chi connectivity index (χ4v) is 1.47. The molecular weight excluding hydrogens is 194 g/mol. The molecule has 82 valence electrons. The second kappa shape index (κ2) is 4.44. The monoisotopic (exact) mass is 209 g/mol. The van der Waals surface area contributed by atoms with E-state index in [0.717, 1.165) is 12.8 Å². The molecule has 15 heavy (non-hydrogen) atoms. The Bertz CT molecular complexity index is 384.